The third-order valence-corrected chi connectivity index (χ3v) is 4.06. The van der Waals surface area contributed by atoms with Gasteiger partial charge in [-0.1, -0.05) is 32.8 Å². The maximum atomic E-state index is 12.3. The van der Waals surface area contributed by atoms with Gasteiger partial charge in [0, 0.05) is 6.04 Å². The van der Waals surface area contributed by atoms with Gasteiger partial charge in [0.25, 0.3) is 0 Å². The Hall–Kier alpha value is -0.790. The smallest absolute Gasteiger partial charge is 0.226 e. The molecule has 16 heavy (non-hydrogen) atoms. The summed E-state index contributed by atoms with van der Waals surface area (Å²) in [5.74, 6) is 0.240. The molecule has 1 rings (SSSR count). The summed E-state index contributed by atoms with van der Waals surface area (Å²) in [5, 5.41) is 3.22. The molecular formula is C14H25NO. The molecule has 0 aromatic rings. The first kappa shape index (κ1) is 13.3. The predicted octanol–water partition coefficient (Wildman–Crippen LogP) is 3.43. The standard InChI is InChI=1S/C14H25NO/c1-4-11-14(5-2,6-3)13(16)15-12-9-7-8-10-12/h4,12H,1,5-11H2,2-3H3,(H,15,16). The second kappa shape index (κ2) is 6.07. The Labute approximate surface area is 99.5 Å². The molecule has 1 saturated carbocycles. The number of rotatable bonds is 6. The summed E-state index contributed by atoms with van der Waals surface area (Å²) >= 11 is 0. The number of nitrogens with one attached hydrogen (secondary N) is 1. The van der Waals surface area contributed by atoms with E-state index in [2.05, 4.69) is 25.7 Å². The van der Waals surface area contributed by atoms with Crippen molar-refractivity contribution in [2.45, 2.75) is 64.8 Å². The van der Waals surface area contributed by atoms with Crippen LogP contribution in [0.25, 0.3) is 0 Å². The Morgan fingerprint density at radius 3 is 2.38 bits per heavy atom. The molecule has 1 fully saturated rings. The van der Waals surface area contributed by atoms with E-state index in [4.69, 9.17) is 0 Å². The summed E-state index contributed by atoms with van der Waals surface area (Å²) in [6.45, 7) is 7.97. The molecule has 0 saturated heterocycles. The van der Waals surface area contributed by atoms with Crippen LogP contribution < -0.4 is 5.32 Å². The molecule has 1 N–H and O–H groups in total. The Bertz CT molecular complexity index is 237. The monoisotopic (exact) mass is 223 g/mol. The van der Waals surface area contributed by atoms with Crippen molar-refractivity contribution in [1.82, 2.24) is 5.32 Å². The van der Waals surface area contributed by atoms with Crippen LogP contribution >= 0.6 is 0 Å². The number of carbonyl (C=O) groups is 1. The zero-order valence-electron chi connectivity index (χ0n) is 10.7. The van der Waals surface area contributed by atoms with Crippen molar-refractivity contribution in [3.05, 3.63) is 12.7 Å². The molecule has 1 aliphatic carbocycles. The van der Waals surface area contributed by atoms with Gasteiger partial charge in [0.05, 0.1) is 5.41 Å². The van der Waals surface area contributed by atoms with E-state index in [0.717, 1.165) is 32.1 Å². The molecule has 0 unspecified atom stereocenters. The van der Waals surface area contributed by atoms with Crippen LogP contribution in [-0.2, 0) is 4.79 Å². The molecule has 92 valence electrons. The van der Waals surface area contributed by atoms with Gasteiger partial charge in [-0.15, -0.1) is 6.58 Å². The van der Waals surface area contributed by atoms with Crippen LogP contribution in [-0.4, -0.2) is 11.9 Å². The molecular weight excluding hydrogens is 198 g/mol. The molecule has 1 amide bonds. The number of hydrogen-bond acceptors (Lipinski definition) is 1. The molecule has 0 bridgehead atoms. The highest BCUT2D eigenvalue weighted by Gasteiger charge is 2.34. The first-order valence-corrected chi connectivity index (χ1v) is 6.60. The van der Waals surface area contributed by atoms with Crippen LogP contribution in [0.5, 0.6) is 0 Å². The molecule has 1 aliphatic rings. The van der Waals surface area contributed by atoms with E-state index in [-0.39, 0.29) is 11.3 Å². The third-order valence-electron chi connectivity index (χ3n) is 4.06. The van der Waals surface area contributed by atoms with E-state index in [1.54, 1.807) is 0 Å². The molecule has 0 spiro atoms. The van der Waals surface area contributed by atoms with Crippen molar-refractivity contribution in [1.29, 1.82) is 0 Å². The van der Waals surface area contributed by atoms with Crippen molar-refractivity contribution in [3.8, 4) is 0 Å². The molecule has 0 radical (unpaired) electrons. The van der Waals surface area contributed by atoms with Crippen LogP contribution in [0.1, 0.15) is 58.8 Å². The number of amides is 1. The van der Waals surface area contributed by atoms with Crippen molar-refractivity contribution in [2.75, 3.05) is 0 Å². The van der Waals surface area contributed by atoms with Gasteiger partial charge in [-0.05, 0) is 32.1 Å². The van der Waals surface area contributed by atoms with Crippen LogP contribution in [0.2, 0.25) is 0 Å². The highest BCUT2D eigenvalue weighted by atomic mass is 16.2. The average molecular weight is 223 g/mol. The summed E-state index contributed by atoms with van der Waals surface area (Å²) < 4.78 is 0. The van der Waals surface area contributed by atoms with Crippen molar-refractivity contribution < 1.29 is 4.79 Å². The summed E-state index contributed by atoms with van der Waals surface area (Å²) in [6.07, 6.45) is 9.30. The van der Waals surface area contributed by atoms with E-state index in [1.807, 2.05) is 6.08 Å². The third kappa shape index (κ3) is 2.87. The van der Waals surface area contributed by atoms with Crippen LogP contribution in [0.4, 0.5) is 0 Å². The van der Waals surface area contributed by atoms with E-state index in [0.29, 0.717) is 6.04 Å². The van der Waals surface area contributed by atoms with E-state index in [9.17, 15) is 4.79 Å². The largest absolute Gasteiger partial charge is 0.353 e. The lowest BCUT2D eigenvalue weighted by atomic mass is 9.78. The summed E-state index contributed by atoms with van der Waals surface area (Å²) in [5.41, 5.74) is -0.218. The lowest BCUT2D eigenvalue weighted by molar-refractivity contribution is -0.132. The minimum Gasteiger partial charge on any atom is -0.353 e. The fraction of sp³-hybridized carbons (Fsp3) is 0.786. The number of carbonyl (C=O) groups excluding carboxylic acids is 1. The minimum absolute atomic E-state index is 0.218. The second-order valence-electron chi connectivity index (χ2n) is 4.94. The summed E-state index contributed by atoms with van der Waals surface area (Å²) in [4.78, 5) is 12.3. The molecule has 0 aromatic heterocycles. The molecule has 2 nitrogen and oxygen atoms in total. The molecule has 0 heterocycles. The SMILES string of the molecule is C=CCC(CC)(CC)C(=O)NC1CCCC1. The van der Waals surface area contributed by atoms with Gasteiger partial charge in [0.15, 0.2) is 0 Å². The second-order valence-corrected chi connectivity index (χ2v) is 4.94. The minimum atomic E-state index is -0.218. The Kier molecular flexibility index (Phi) is 5.04. The fourth-order valence-electron chi connectivity index (χ4n) is 2.64. The van der Waals surface area contributed by atoms with Gasteiger partial charge in [0.1, 0.15) is 0 Å². The summed E-state index contributed by atoms with van der Waals surface area (Å²) in [6, 6.07) is 0.426. The van der Waals surface area contributed by atoms with Gasteiger partial charge in [0.2, 0.25) is 5.91 Å². The van der Waals surface area contributed by atoms with Gasteiger partial charge < -0.3 is 5.32 Å². The molecule has 0 atom stereocenters. The topological polar surface area (TPSA) is 29.1 Å². The Morgan fingerprint density at radius 2 is 1.94 bits per heavy atom. The van der Waals surface area contributed by atoms with Crippen LogP contribution in [0.3, 0.4) is 0 Å². The summed E-state index contributed by atoms with van der Waals surface area (Å²) in [7, 11) is 0. The maximum Gasteiger partial charge on any atom is 0.226 e. The Morgan fingerprint density at radius 1 is 1.38 bits per heavy atom. The highest BCUT2D eigenvalue weighted by molar-refractivity contribution is 5.83. The van der Waals surface area contributed by atoms with Crippen LogP contribution in [0.15, 0.2) is 12.7 Å². The maximum absolute atomic E-state index is 12.3. The lowest BCUT2D eigenvalue weighted by Gasteiger charge is -2.30. The molecule has 2 heteroatoms. The van der Waals surface area contributed by atoms with E-state index >= 15 is 0 Å². The zero-order chi connectivity index (χ0) is 12.0. The normalized spacial score (nSPS) is 17.4. The quantitative estimate of drug-likeness (QED) is 0.687. The Balaban J connectivity index is 2.61. The zero-order valence-corrected chi connectivity index (χ0v) is 10.7. The molecule has 0 aliphatic heterocycles. The van der Waals surface area contributed by atoms with Crippen molar-refractivity contribution >= 4 is 5.91 Å². The van der Waals surface area contributed by atoms with Gasteiger partial charge in [-0.2, -0.15) is 0 Å². The predicted molar refractivity (Wildman–Crippen MR) is 68.2 cm³/mol. The molecule has 0 aromatic carbocycles. The van der Waals surface area contributed by atoms with E-state index in [1.165, 1.54) is 12.8 Å². The van der Waals surface area contributed by atoms with Gasteiger partial charge >= 0.3 is 0 Å². The van der Waals surface area contributed by atoms with Gasteiger partial charge in [-0.25, -0.2) is 0 Å². The fourth-order valence-corrected chi connectivity index (χ4v) is 2.64. The van der Waals surface area contributed by atoms with Crippen LogP contribution in [0, 0.1) is 5.41 Å². The number of allylic oxidation sites excluding steroid dienone is 1. The van der Waals surface area contributed by atoms with Crippen molar-refractivity contribution in [3.63, 3.8) is 0 Å². The highest BCUT2D eigenvalue weighted by Crippen LogP contribution is 2.32. The number of hydrogen-bond donors (Lipinski definition) is 1. The average Bonchev–Trinajstić information content (AvgIpc) is 2.78. The van der Waals surface area contributed by atoms with E-state index < -0.39 is 0 Å². The van der Waals surface area contributed by atoms with Crippen molar-refractivity contribution in [2.24, 2.45) is 5.41 Å². The first-order chi connectivity index (χ1) is 7.68. The first-order valence-electron chi connectivity index (χ1n) is 6.60. The lowest BCUT2D eigenvalue weighted by Crippen LogP contribution is -2.44. The van der Waals surface area contributed by atoms with Gasteiger partial charge in [-0.3, -0.25) is 4.79 Å².